The molecular formula is C3H7NO2. The maximum Gasteiger partial charge on any atom is 0.320 e. The van der Waals surface area contributed by atoms with Crippen LogP contribution in [-0.4, -0.2) is 17.1 Å². The first-order valence-corrected chi connectivity index (χ1v) is 1.63. The van der Waals surface area contributed by atoms with E-state index in [1.165, 1.54) is 6.92 Å². The third kappa shape index (κ3) is 1.72. The number of carbonyl (C=O) groups is 1. The fourth-order valence-corrected chi connectivity index (χ4v) is 0. The number of carboxylic acids is 1. The lowest BCUT2D eigenvalue weighted by Crippen LogP contribution is -2.25. The van der Waals surface area contributed by atoms with Crippen molar-refractivity contribution in [3.8, 4) is 0 Å². The molecule has 3 heteroatoms. The molecule has 0 aromatic rings. The van der Waals surface area contributed by atoms with Gasteiger partial charge in [0.2, 0.25) is 0 Å². The van der Waals surface area contributed by atoms with Gasteiger partial charge in [-0.15, -0.1) is 0 Å². The highest BCUT2D eigenvalue weighted by Crippen LogP contribution is 1.68. The average molecular weight is 91.1 g/mol. The normalized spacial score (nSPS) is 13.7. The standard InChI is InChI=1S/C3H7NO2/c1-2(4)3(5)6/h2H,4H2,1H3,(H,5,6)/t2-/m0/s1/i3+1,4+1. The minimum Gasteiger partial charge on any atom is -0.480 e. The Morgan fingerprint density at radius 1 is 2.00 bits per heavy atom. The maximum absolute atomic E-state index is 9.57. The van der Waals surface area contributed by atoms with Crippen molar-refractivity contribution in [1.82, 2.24) is 0 Å². The molecule has 0 bridgehead atoms. The predicted octanol–water partition coefficient (Wildman–Crippen LogP) is -0.582. The molecule has 0 saturated carbocycles. The van der Waals surface area contributed by atoms with Crippen LogP contribution in [0.5, 0.6) is 0 Å². The van der Waals surface area contributed by atoms with Crippen molar-refractivity contribution in [2.45, 2.75) is 13.0 Å². The van der Waals surface area contributed by atoms with Gasteiger partial charge in [0.1, 0.15) is 6.04 Å². The second-order valence-corrected chi connectivity index (χ2v) is 1.13. The van der Waals surface area contributed by atoms with Crippen LogP contribution in [0.25, 0.3) is 0 Å². The molecule has 0 spiro atoms. The van der Waals surface area contributed by atoms with Gasteiger partial charge in [-0.1, -0.05) is 0 Å². The van der Waals surface area contributed by atoms with Gasteiger partial charge in [0.25, 0.3) is 0 Å². The van der Waals surface area contributed by atoms with Gasteiger partial charge in [-0.05, 0) is 6.92 Å². The van der Waals surface area contributed by atoms with Crippen LogP contribution in [0.4, 0.5) is 0 Å². The molecule has 36 valence electrons. The minimum atomic E-state index is -0.963. The van der Waals surface area contributed by atoms with Crippen LogP contribution in [0.3, 0.4) is 0 Å². The Morgan fingerprint density at radius 3 is 2.17 bits per heavy atom. The number of rotatable bonds is 1. The molecule has 0 amide bonds. The summed E-state index contributed by atoms with van der Waals surface area (Å²) in [6.07, 6.45) is 0. The second-order valence-electron chi connectivity index (χ2n) is 1.13. The highest BCUT2D eigenvalue weighted by Gasteiger charge is 1.99. The maximum atomic E-state index is 9.57. The third-order valence-corrected chi connectivity index (χ3v) is 0.390. The van der Waals surface area contributed by atoms with Gasteiger partial charge in [-0.3, -0.25) is 4.79 Å². The highest BCUT2D eigenvalue weighted by atomic mass is 16.5. The molecule has 3 N–H and O–H groups in total. The molecule has 0 aliphatic rings. The zero-order chi connectivity index (χ0) is 5.15. The molecule has 0 aliphatic heterocycles. The summed E-state index contributed by atoms with van der Waals surface area (Å²) in [5, 5.41) is 7.87. The van der Waals surface area contributed by atoms with E-state index in [4.69, 9.17) is 10.8 Å². The van der Waals surface area contributed by atoms with Crippen LogP contribution in [0.15, 0.2) is 0 Å². The highest BCUT2D eigenvalue weighted by molar-refractivity contribution is 5.72. The summed E-state index contributed by atoms with van der Waals surface area (Å²) in [4.78, 5) is 9.57. The average Bonchev–Trinajstić information content (AvgIpc) is 1.36. The van der Waals surface area contributed by atoms with Crippen LogP contribution in [-0.2, 0) is 4.79 Å². The number of hydrogen-bond acceptors (Lipinski definition) is 2. The minimum absolute atomic E-state index is 0.731. The Bertz CT molecular complexity index is 59.8. The second kappa shape index (κ2) is 1.77. The Morgan fingerprint density at radius 2 is 2.17 bits per heavy atom. The smallest absolute Gasteiger partial charge is 0.320 e. The van der Waals surface area contributed by atoms with Crippen molar-refractivity contribution in [3.63, 3.8) is 0 Å². The van der Waals surface area contributed by atoms with E-state index in [1.807, 2.05) is 0 Å². The van der Waals surface area contributed by atoms with Crippen LogP contribution in [0, 0.1) is 0 Å². The van der Waals surface area contributed by atoms with E-state index in [2.05, 4.69) is 0 Å². The van der Waals surface area contributed by atoms with Crippen LogP contribution >= 0.6 is 0 Å². The van der Waals surface area contributed by atoms with E-state index in [9.17, 15) is 4.79 Å². The number of aliphatic carboxylic acids is 1. The van der Waals surface area contributed by atoms with Crippen molar-refractivity contribution in [2.24, 2.45) is 5.73 Å². The zero-order valence-electron chi connectivity index (χ0n) is 3.51. The molecule has 0 fully saturated rings. The number of carboxylic acid groups (broad SMARTS) is 1. The number of nitrogens with two attached hydrogens (primary N) is 1. The molecule has 0 radical (unpaired) electrons. The summed E-state index contributed by atoms with van der Waals surface area (Å²) in [6.45, 7) is 1.42. The van der Waals surface area contributed by atoms with E-state index in [1.54, 1.807) is 0 Å². The van der Waals surface area contributed by atoms with E-state index in [0.717, 1.165) is 0 Å². The molecule has 3 nitrogen and oxygen atoms in total. The first-order chi connectivity index (χ1) is 2.64. The Labute approximate surface area is 35.8 Å². The summed E-state index contributed by atoms with van der Waals surface area (Å²) < 4.78 is 0. The SMILES string of the molecule is C[C@H]([15NH2])[13C](=O)O. The molecular weight excluding hydrogens is 84.0 g/mol. The molecule has 0 aliphatic carbocycles. The fourth-order valence-electron chi connectivity index (χ4n) is 0. The van der Waals surface area contributed by atoms with Crippen LogP contribution in [0.2, 0.25) is 0 Å². The summed E-state index contributed by atoms with van der Waals surface area (Å²) in [7, 11) is 0. The predicted molar refractivity (Wildman–Crippen MR) is 21.3 cm³/mol. The first kappa shape index (κ1) is 5.43. The lowest BCUT2D eigenvalue weighted by molar-refractivity contribution is -0.138. The molecule has 0 rings (SSSR count). The molecule has 0 unspecified atom stereocenters. The molecule has 6 heavy (non-hydrogen) atoms. The topological polar surface area (TPSA) is 63.3 Å². The molecule has 1 atom stereocenters. The lowest BCUT2D eigenvalue weighted by Gasteiger charge is -1.90. The Kier molecular flexibility index (Phi) is 1.60. The monoisotopic (exact) mass is 91.0 g/mol. The summed E-state index contributed by atoms with van der Waals surface area (Å²) in [5.41, 5.74) is 4.84. The van der Waals surface area contributed by atoms with Crippen molar-refractivity contribution >= 4 is 5.97 Å². The quantitative estimate of drug-likeness (QED) is 0.335. The zero-order valence-corrected chi connectivity index (χ0v) is 3.51. The lowest BCUT2D eigenvalue weighted by atomic mass is 10.6. The van der Waals surface area contributed by atoms with E-state index in [0.29, 0.717) is 0 Å². The van der Waals surface area contributed by atoms with Gasteiger partial charge in [0.15, 0.2) is 0 Å². The molecule has 0 heterocycles. The van der Waals surface area contributed by atoms with Gasteiger partial charge in [-0.25, -0.2) is 0 Å². The number of hydrogen-bond donors (Lipinski definition) is 2. The van der Waals surface area contributed by atoms with Gasteiger partial charge in [0, 0.05) is 0 Å². The summed E-state index contributed by atoms with van der Waals surface area (Å²) >= 11 is 0. The van der Waals surface area contributed by atoms with E-state index >= 15 is 0 Å². The van der Waals surface area contributed by atoms with E-state index in [-0.39, 0.29) is 0 Å². The molecule has 0 aromatic heterocycles. The van der Waals surface area contributed by atoms with Gasteiger partial charge >= 0.3 is 5.97 Å². The fraction of sp³-hybridized carbons (Fsp3) is 0.667. The van der Waals surface area contributed by atoms with Crippen molar-refractivity contribution < 1.29 is 9.90 Å². The van der Waals surface area contributed by atoms with Crippen LogP contribution < -0.4 is 5.73 Å². The Balaban J connectivity index is 3.26. The van der Waals surface area contributed by atoms with E-state index < -0.39 is 12.0 Å². The van der Waals surface area contributed by atoms with Crippen molar-refractivity contribution in [1.29, 1.82) is 0 Å². The summed E-state index contributed by atoms with van der Waals surface area (Å²) in [6, 6.07) is -0.731. The van der Waals surface area contributed by atoms with Crippen LogP contribution in [0.1, 0.15) is 6.92 Å². The largest absolute Gasteiger partial charge is 0.480 e. The summed E-state index contributed by atoms with van der Waals surface area (Å²) in [5.74, 6) is -0.963. The molecule has 0 aromatic carbocycles. The van der Waals surface area contributed by atoms with Crippen molar-refractivity contribution in [3.05, 3.63) is 0 Å². The van der Waals surface area contributed by atoms with Gasteiger partial charge in [0.05, 0.1) is 0 Å². The van der Waals surface area contributed by atoms with Gasteiger partial charge < -0.3 is 10.8 Å². The van der Waals surface area contributed by atoms with Gasteiger partial charge in [-0.2, -0.15) is 0 Å². The van der Waals surface area contributed by atoms with Crippen molar-refractivity contribution in [2.75, 3.05) is 0 Å². The molecule has 0 saturated heterocycles. The Hall–Kier alpha value is -0.570. The third-order valence-electron chi connectivity index (χ3n) is 0.390. The first-order valence-electron chi connectivity index (χ1n) is 1.63.